The van der Waals surface area contributed by atoms with E-state index >= 15 is 0 Å². The van der Waals surface area contributed by atoms with Crippen LogP contribution in [0.3, 0.4) is 0 Å². The number of carbonyl (C=O) groups is 1. The number of nitrogens with one attached hydrogen (secondary N) is 1. The van der Waals surface area contributed by atoms with Crippen LogP contribution < -0.4 is 5.32 Å². The normalized spacial score (nSPS) is 10.7. The summed E-state index contributed by atoms with van der Waals surface area (Å²) in [4.78, 5) is 16.4. The van der Waals surface area contributed by atoms with Gasteiger partial charge in [-0.25, -0.2) is 0 Å². The van der Waals surface area contributed by atoms with E-state index in [1.54, 1.807) is 12.4 Å². The van der Waals surface area contributed by atoms with E-state index in [1.165, 1.54) is 11.1 Å². The molecular formula is C18H22N2O. The van der Waals surface area contributed by atoms with Gasteiger partial charge in [0, 0.05) is 24.5 Å². The average Bonchev–Trinajstić information content (AvgIpc) is 2.47. The molecule has 1 heterocycles. The zero-order valence-corrected chi connectivity index (χ0v) is 13.1. The fraction of sp³-hybridized carbons (Fsp3) is 0.333. The lowest BCUT2D eigenvalue weighted by Gasteiger charge is -2.10. The third kappa shape index (κ3) is 3.91. The number of rotatable bonds is 4. The maximum atomic E-state index is 12.1. The molecule has 0 fully saturated rings. The molecule has 0 bridgehead atoms. The van der Waals surface area contributed by atoms with Crippen LogP contribution in [0.4, 0.5) is 0 Å². The first-order valence-corrected chi connectivity index (χ1v) is 7.28. The number of aryl methyl sites for hydroxylation is 2. The first-order chi connectivity index (χ1) is 9.97. The third-order valence-corrected chi connectivity index (χ3v) is 3.38. The highest BCUT2D eigenvalue weighted by Crippen LogP contribution is 2.24. The summed E-state index contributed by atoms with van der Waals surface area (Å²) in [6.07, 6.45) is 3.42. The van der Waals surface area contributed by atoms with Gasteiger partial charge in [0.25, 0.3) is 5.91 Å². The number of nitrogens with zero attached hydrogens (tertiary/aromatic N) is 1. The van der Waals surface area contributed by atoms with Crippen molar-refractivity contribution in [2.45, 2.75) is 27.7 Å². The molecule has 0 saturated heterocycles. The quantitative estimate of drug-likeness (QED) is 0.928. The molecule has 21 heavy (non-hydrogen) atoms. The van der Waals surface area contributed by atoms with Crippen molar-refractivity contribution in [2.24, 2.45) is 5.92 Å². The maximum Gasteiger partial charge on any atom is 0.252 e. The summed E-state index contributed by atoms with van der Waals surface area (Å²) in [6, 6.07) is 8.22. The van der Waals surface area contributed by atoms with Crippen LogP contribution in [0.25, 0.3) is 11.1 Å². The number of carbonyl (C=O) groups excluding carboxylic acids is 1. The molecule has 110 valence electrons. The van der Waals surface area contributed by atoms with Crippen LogP contribution in [0.5, 0.6) is 0 Å². The lowest BCUT2D eigenvalue weighted by atomic mass is 9.99. The van der Waals surface area contributed by atoms with Gasteiger partial charge in [0.1, 0.15) is 0 Å². The summed E-state index contributed by atoms with van der Waals surface area (Å²) in [5, 5.41) is 2.92. The van der Waals surface area contributed by atoms with E-state index in [0.29, 0.717) is 18.0 Å². The lowest BCUT2D eigenvalue weighted by molar-refractivity contribution is 0.0948. The second kappa shape index (κ2) is 6.53. The van der Waals surface area contributed by atoms with Crippen LogP contribution in [0, 0.1) is 19.8 Å². The van der Waals surface area contributed by atoms with Gasteiger partial charge >= 0.3 is 0 Å². The van der Waals surface area contributed by atoms with Crippen molar-refractivity contribution in [3.63, 3.8) is 0 Å². The SMILES string of the molecule is Cc1ccc(C)c(-c2cncc(C(=O)NCC(C)C)c2)c1. The molecule has 2 rings (SSSR count). The Kier molecular flexibility index (Phi) is 4.73. The number of benzene rings is 1. The predicted molar refractivity (Wildman–Crippen MR) is 86.3 cm³/mol. The van der Waals surface area contributed by atoms with Crippen molar-refractivity contribution in [1.82, 2.24) is 10.3 Å². The van der Waals surface area contributed by atoms with E-state index in [1.807, 2.05) is 6.07 Å². The Morgan fingerprint density at radius 2 is 1.95 bits per heavy atom. The minimum Gasteiger partial charge on any atom is -0.352 e. The smallest absolute Gasteiger partial charge is 0.252 e. The van der Waals surface area contributed by atoms with Gasteiger partial charge < -0.3 is 5.32 Å². The Labute approximate surface area is 126 Å². The molecular weight excluding hydrogens is 260 g/mol. The Morgan fingerprint density at radius 1 is 1.19 bits per heavy atom. The molecule has 0 radical (unpaired) electrons. The summed E-state index contributed by atoms with van der Waals surface area (Å²) in [6.45, 7) is 8.96. The fourth-order valence-electron chi connectivity index (χ4n) is 2.16. The van der Waals surface area contributed by atoms with Gasteiger partial charge in [-0.05, 0) is 37.0 Å². The third-order valence-electron chi connectivity index (χ3n) is 3.38. The molecule has 0 unspecified atom stereocenters. The standard InChI is InChI=1S/C18H22N2O/c1-12(2)9-20-18(21)16-8-15(10-19-11-16)17-7-13(3)5-6-14(17)4/h5-8,10-12H,9H2,1-4H3,(H,20,21). The molecule has 3 nitrogen and oxygen atoms in total. The molecule has 0 spiro atoms. The Balaban J connectivity index is 2.29. The van der Waals surface area contributed by atoms with Crippen molar-refractivity contribution in [2.75, 3.05) is 6.54 Å². The second-order valence-corrected chi connectivity index (χ2v) is 5.88. The van der Waals surface area contributed by atoms with Crippen molar-refractivity contribution >= 4 is 5.91 Å². The van der Waals surface area contributed by atoms with Crippen molar-refractivity contribution in [3.8, 4) is 11.1 Å². The molecule has 2 aromatic rings. The first kappa shape index (κ1) is 15.2. The summed E-state index contributed by atoms with van der Waals surface area (Å²) < 4.78 is 0. The number of hydrogen-bond acceptors (Lipinski definition) is 2. The molecule has 0 aliphatic rings. The second-order valence-electron chi connectivity index (χ2n) is 5.88. The van der Waals surface area contributed by atoms with Gasteiger partial charge in [0.15, 0.2) is 0 Å². The maximum absolute atomic E-state index is 12.1. The van der Waals surface area contributed by atoms with E-state index in [4.69, 9.17) is 0 Å². The van der Waals surface area contributed by atoms with Crippen LogP contribution >= 0.6 is 0 Å². The summed E-state index contributed by atoms with van der Waals surface area (Å²) in [7, 11) is 0. The molecule has 1 N–H and O–H groups in total. The van der Waals surface area contributed by atoms with Crippen LogP contribution in [0.15, 0.2) is 36.7 Å². The highest BCUT2D eigenvalue weighted by atomic mass is 16.1. The van der Waals surface area contributed by atoms with Crippen LogP contribution in [-0.4, -0.2) is 17.4 Å². The van der Waals surface area contributed by atoms with Crippen LogP contribution in [0.1, 0.15) is 35.3 Å². The summed E-state index contributed by atoms with van der Waals surface area (Å²) in [5.41, 5.74) is 5.09. The summed E-state index contributed by atoms with van der Waals surface area (Å²) >= 11 is 0. The topological polar surface area (TPSA) is 42.0 Å². The van der Waals surface area contributed by atoms with Gasteiger partial charge in [-0.1, -0.05) is 37.6 Å². The molecule has 1 aromatic carbocycles. The zero-order chi connectivity index (χ0) is 15.4. The van der Waals surface area contributed by atoms with Gasteiger partial charge in [0.2, 0.25) is 0 Å². The van der Waals surface area contributed by atoms with E-state index in [2.05, 4.69) is 56.2 Å². The highest BCUT2D eigenvalue weighted by Gasteiger charge is 2.09. The lowest BCUT2D eigenvalue weighted by Crippen LogP contribution is -2.27. The first-order valence-electron chi connectivity index (χ1n) is 7.28. The van der Waals surface area contributed by atoms with Gasteiger partial charge in [-0.15, -0.1) is 0 Å². The van der Waals surface area contributed by atoms with E-state index in [-0.39, 0.29) is 5.91 Å². The van der Waals surface area contributed by atoms with Gasteiger partial charge in [-0.2, -0.15) is 0 Å². The fourth-order valence-corrected chi connectivity index (χ4v) is 2.16. The van der Waals surface area contributed by atoms with Crippen LogP contribution in [0.2, 0.25) is 0 Å². The monoisotopic (exact) mass is 282 g/mol. The van der Waals surface area contributed by atoms with Crippen molar-refractivity contribution < 1.29 is 4.79 Å². The van der Waals surface area contributed by atoms with Crippen molar-refractivity contribution in [1.29, 1.82) is 0 Å². The van der Waals surface area contributed by atoms with E-state index in [9.17, 15) is 4.79 Å². The van der Waals surface area contributed by atoms with Gasteiger partial charge in [0.05, 0.1) is 5.56 Å². The number of hydrogen-bond donors (Lipinski definition) is 1. The molecule has 1 amide bonds. The number of pyridine rings is 1. The zero-order valence-electron chi connectivity index (χ0n) is 13.1. The Bertz CT molecular complexity index is 647. The van der Waals surface area contributed by atoms with Crippen LogP contribution in [-0.2, 0) is 0 Å². The number of amides is 1. The molecule has 0 aliphatic carbocycles. The largest absolute Gasteiger partial charge is 0.352 e. The Hall–Kier alpha value is -2.16. The minimum atomic E-state index is -0.0663. The molecule has 0 saturated carbocycles. The minimum absolute atomic E-state index is 0.0663. The number of aromatic nitrogens is 1. The Morgan fingerprint density at radius 3 is 2.67 bits per heavy atom. The van der Waals surface area contributed by atoms with Gasteiger partial charge in [-0.3, -0.25) is 9.78 Å². The summed E-state index contributed by atoms with van der Waals surface area (Å²) in [5.74, 6) is 0.368. The molecule has 3 heteroatoms. The van der Waals surface area contributed by atoms with E-state index < -0.39 is 0 Å². The van der Waals surface area contributed by atoms with Crippen molar-refractivity contribution in [3.05, 3.63) is 53.3 Å². The highest BCUT2D eigenvalue weighted by molar-refractivity contribution is 5.95. The average molecular weight is 282 g/mol. The molecule has 1 aromatic heterocycles. The predicted octanol–water partition coefficient (Wildman–Crippen LogP) is 3.75. The molecule has 0 atom stereocenters. The molecule has 0 aliphatic heterocycles. The van der Waals surface area contributed by atoms with E-state index in [0.717, 1.165) is 11.1 Å².